The van der Waals surface area contributed by atoms with Crippen molar-refractivity contribution < 1.29 is 9.90 Å². The van der Waals surface area contributed by atoms with Crippen LogP contribution in [0.2, 0.25) is 0 Å². The van der Waals surface area contributed by atoms with E-state index < -0.39 is 0 Å². The fourth-order valence-electron chi connectivity index (χ4n) is 1.12. The highest BCUT2D eigenvalue weighted by atomic mass is 16.3. The zero-order valence-electron chi connectivity index (χ0n) is 10.2. The van der Waals surface area contributed by atoms with Crippen LogP contribution in [-0.2, 0) is 4.79 Å². The van der Waals surface area contributed by atoms with Crippen molar-refractivity contribution in [2.75, 3.05) is 13.2 Å². The normalized spacial score (nSPS) is 15.9. The number of carbonyl (C=O) groups is 1. The molecule has 4 nitrogen and oxygen atoms in total. The molecule has 0 bridgehead atoms. The second-order valence-corrected chi connectivity index (χ2v) is 5.00. The summed E-state index contributed by atoms with van der Waals surface area (Å²) in [5.74, 6) is -0.189. The Morgan fingerprint density at radius 2 is 2.00 bits per heavy atom. The fourth-order valence-corrected chi connectivity index (χ4v) is 1.12. The Bertz CT molecular complexity index is 203. The number of amides is 1. The van der Waals surface area contributed by atoms with E-state index in [0.717, 1.165) is 0 Å². The van der Waals surface area contributed by atoms with Crippen molar-refractivity contribution in [3.05, 3.63) is 0 Å². The lowest BCUT2D eigenvalue weighted by atomic mass is 9.89. The molecule has 90 valence electrons. The van der Waals surface area contributed by atoms with E-state index in [9.17, 15) is 4.79 Å². The van der Waals surface area contributed by atoms with Gasteiger partial charge in [-0.2, -0.15) is 0 Å². The minimum Gasteiger partial charge on any atom is -0.396 e. The number of hydrogen-bond acceptors (Lipinski definition) is 3. The molecular weight excluding hydrogens is 192 g/mol. The smallest absolute Gasteiger partial charge is 0.224 e. The van der Waals surface area contributed by atoms with Gasteiger partial charge in [-0.15, -0.1) is 0 Å². The van der Waals surface area contributed by atoms with E-state index in [2.05, 4.69) is 5.32 Å². The third kappa shape index (κ3) is 5.74. The summed E-state index contributed by atoms with van der Waals surface area (Å²) in [6.45, 7) is 8.39. The van der Waals surface area contributed by atoms with E-state index in [4.69, 9.17) is 10.8 Å². The molecule has 0 heterocycles. The van der Waals surface area contributed by atoms with Crippen LogP contribution in [-0.4, -0.2) is 30.2 Å². The van der Waals surface area contributed by atoms with Gasteiger partial charge in [-0.05, 0) is 18.8 Å². The highest BCUT2D eigenvalue weighted by Gasteiger charge is 2.21. The Morgan fingerprint density at radius 1 is 1.47 bits per heavy atom. The molecule has 0 aliphatic carbocycles. The summed E-state index contributed by atoms with van der Waals surface area (Å²) in [5, 5.41) is 11.7. The van der Waals surface area contributed by atoms with Gasteiger partial charge in [0.15, 0.2) is 0 Å². The minimum atomic E-state index is -0.171. The first-order valence-corrected chi connectivity index (χ1v) is 5.44. The molecule has 0 saturated carbocycles. The number of aliphatic hydroxyl groups excluding tert-OH is 1. The van der Waals surface area contributed by atoms with Crippen LogP contribution in [0.1, 0.15) is 34.1 Å². The summed E-state index contributed by atoms with van der Waals surface area (Å²) in [7, 11) is 0. The lowest BCUT2D eigenvalue weighted by Gasteiger charge is -2.25. The first-order valence-electron chi connectivity index (χ1n) is 5.44. The van der Waals surface area contributed by atoms with E-state index in [0.29, 0.717) is 13.0 Å². The van der Waals surface area contributed by atoms with E-state index in [1.165, 1.54) is 0 Å². The van der Waals surface area contributed by atoms with Crippen LogP contribution in [0.15, 0.2) is 0 Å². The van der Waals surface area contributed by atoms with Crippen molar-refractivity contribution in [2.45, 2.75) is 40.2 Å². The van der Waals surface area contributed by atoms with Gasteiger partial charge in [0.25, 0.3) is 0 Å². The molecule has 1 amide bonds. The molecule has 0 aromatic heterocycles. The molecule has 15 heavy (non-hydrogen) atoms. The third-order valence-electron chi connectivity index (χ3n) is 2.73. The molecular formula is C11H24N2O2. The Balaban J connectivity index is 4.00. The van der Waals surface area contributed by atoms with E-state index in [1.54, 1.807) is 0 Å². The number of hydrogen-bond donors (Lipinski definition) is 3. The largest absolute Gasteiger partial charge is 0.396 e. The predicted octanol–water partition coefficient (Wildman–Crippen LogP) is 0.494. The van der Waals surface area contributed by atoms with Crippen molar-refractivity contribution in [1.82, 2.24) is 5.32 Å². The number of nitrogens with two attached hydrogens (primary N) is 1. The number of aliphatic hydroxyl groups is 1. The SMILES string of the molecule is CC(N)C(C)C(=O)NCC(C)(C)CCO. The Morgan fingerprint density at radius 3 is 2.40 bits per heavy atom. The summed E-state index contributed by atoms with van der Waals surface area (Å²) in [6, 6.07) is -0.133. The van der Waals surface area contributed by atoms with Crippen LogP contribution >= 0.6 is 0 Å². The van der Waals surface area contributed by atoms with Crippen LogP contribution in [0, 0.1) is 11.3 Å². The van der Waals surface area contributed by atoms with Crippen molar-refractivity contribution >= 4 is 5.91 Å². The van der Waals surface area contributed by atoms with Gasteiger partial charge in [0.1, 0.15) is 0 Å². The summed E-state index contributed by atoms with van der Waals surface area (Å²) in [4.78, 5) is 11.6. The van der Waals surface area contributed by atoms with Crippen LogP contribution in [0.3, 0.4) is 0 Å². The average molecular weight is 216 g/mol. The molecule has 2 atom stereocenters. The topological polar surface area (TPSA) is 75.4 Å². The molecule has 0 aliphatic heterocycles. The van der Waals surface area contributed by atoms with Gasteiger partial charge in [-0.1, -0.05) is 20.8 Å². The van der Waals surface area contributed by atoms with Crippen molar-refractivity contribution in [2.24, 2.45) is 17.1 Å². The Kier molecular flexibility index (Phi) is 5.83. The van der Waals surface area contributed by atoms with Crippen LogP contribution in [0.4, 0.5) is 0 Å². The molecule has 0 aromatic rings. The van der Waals surface area contributed by atoms with Gasteiger partial charge in [0.2, 0.25) is 5.91 Å². The van der Waals surface area contributed by atoms with Crippen molar-refractivity contribution in [1.29, 1.82) is 0 Å². The van der Waals surface area contributed by atoms with Gasteiger partial charge >= 0.3 is 0 Å². The molecule has 0 rings (SSSR count). The molecule has 0 aromatic carbocycles. The van der Waals surface area contributed by atoms with Gasteiger partial charge in [0.05, 0.1) is 0 Å². The third-order valence-corrected chi connectivity index (χ3v) is 2.73. The Labute approximate surface area is 92.2 Å². The monoisotopic (exact) mass is 216 g/mol. The maximum absolute atomic E-state index is 11.6. The molecule has 0 saturated heterocycles. The fraction of sp³-hybridized carbons (Fsp3) is 0.909. The molecule has 0 spiro atoms. The number of nitrogens with one attached hydrogen (secondary N) is 1. The van der Waals surface area contributed by atoms with E-state index >= 15 is 0 Å². The zero-order valence-corrected chi connectivity index (χ0v) is 10.2. The molecule has 4 heteroatoms. The average Bonchev–Trinajstić information content (AvgIpc) is 2.13. The molecule has 0 aliphatic rings. The van der Waals surface area contributed by atoms with E-state index in [-0.39, 0.29) is 29.9 Å². The first kappa shape index (κ1) is 14.4. The number of rotatable bonds is 6. The number of carbonyl (C=O) groups excluding carboxylic acids is 1. The molecule has 0 radical (unpaired) electrons. The summed E-state index contributed by atoms with van der Waals surface area (Å²) < 4.78 is 0. The first-order chi connectivity index (χ1) is 6.80. The maximum atomic E-state index is 11.6. The van der Waals surface area contributed by atoms with Gasteiger partial charge in [-0.3, -0.25) is 4.79 Å². The molecule has 4 N–H and O–H groups in total. The predicted molar refractivity (Wildman–Crippen MR) is 61.3 cm³/mol. The lowest BCUT2D eigenvalue weighted by molar-refractivity contribution is -0.125. The summed E-state index contributed by atoms with van der Waals surface area (Å²) in [5.41, 5.74) is 5.57. The second kappa shape index (κ2) is 6.08. The second-order valence-electron chi connectivity index (χ2n) is 5.00. The summed E-state index contributed by atoms with van der Waals surface area (Å²) in [6.07, 6.45) is 0.680. The van der Waals surface area contributed by atoms with Crippen LogP contribution in [0.5, 0.6) is 0 Å². The Hall–Kier alpha value is -0.610. The highest BCUT2D eigenvalue weighted by molar-refractivity contribution is 5.78. The zero-order chi connectivity index (χ0) is 12.1. The maximum Gasteiger partial charge on any atom is 0.224 e. The van der Waals surface area contributed by atoms with Crippen LogP contribution < -0.4 is 11.1 Å². The van der Waals surface area contributed by atoms with Crippen molar-refractivity contribution in [3.8, 4) is 0 Å². The lowest BCUT2D eigenvalue weighted by Crippen LogP contribution is -2.42. The molecule has 2 unspecified atom stereocenters. The van der Waals surface area contributed by atoms with Gasteiger partial charge in [-0.25, -0.2) is 0 Å². The standard InChI is InChI=1S/C11H24N2O2/c1-8(9(2)12)10(15)13-7-11(3,4)5-6-14/h8-9,14H,5-7,12H2,1-4H3,(H,13,15). The van der Waals surface area contributed by atoms with E-state index in [1.807, 2.05) is 27.7 Å². The summed E-state index contributed by atoms with van der Waals surface area (Å²) >= 11 is 0. The minimum absolute atomic E-state index is 0.0176. The molecule has 0 fully saturated rings. The highest BCUT2D eigenvalue weighted by Crippen LogP contribution is 2.18. The van der Waals surface area contributed by atoms with Gasteiger partial charge < -0.3 is 16.2 Å². The van der Waals surface area contributed by atoms with Crippen molar-refractivity contribution in [3.63, 3.8) is 0 Å². The van der Waals surface area contributed by atoms with Crippen LogP contribution in [0.25, 0.3) is 0 Å². The quantitative estimate of drug-likeness (QED) is 0.605. The van der Waals surface area contributed by atoms with Gasteiger partial charge in [0, 0.05) is 25.1 Å².